The summed E-state index contributed by atoms with van der Waals surface area (Å²) in [5.41, 5.74) is 16.1. The largest absolute Gasteiger partial charge is 0.455 e. The van der Waals surface area contributed by atoms with Gasteiger partial charge in [0.2, 0.25) is 0 Å². The van der Waals surface area contributed by atoms with Gasteiger partial charge in [-0.15, -0.1) is 0 Å². The van der Waals surface area contributed by atoms with Crippen LogP contribution in [0.3, 0.4) is 0 Å². The molecule has 2 unspecified atom stereocenters. The van der Waals surface area contributed by atoms with Gasteiger partial charge in [0.1, 0.15) is 17.3 Å². The van der Waals surface area contributed by atoms with Crippen molar-refractivity contribution in [3.63, 3.8) is 0 Å². The van der Waals surface area contributed by atoms with Crippen LogP contribution in [0.4, 0.5) is 5.69 Å². The first-order valence-corrected chi connectivity index (χ1v) is 19.8. The Morgan fingerprint density at radius 3 is 2.25 bits per heavy atom. The quantitative estimate of drug-likeness (QED) is 0.146. The number of rotatable bonds is 8. The van der Waals surface area contributed by atoms with Crippen molar-refractivity contribution < 1.29 is 4.42 Å². The van der Waals surface area contributed by atoms with Crippen molar-refractivity contribution in [3.05, 3.63) is 210 Å². The maximum atomic E-state index is 6.39. The van der Waals surface area contributed by atoms with Gasteiger partial charge in [0, 0.05) is 39.0 Å². The van der Waals surface area contributed by atoms with E-state index < -0.39 is 0 Å². The van der Waals surface area contributed by atoms with Crippen LogP contribution in [0.5, 0.6) is 0 Å². The van der Waals surface area contributed by atoms with Crippen molar-refractivity contribution in [2.45, 2.75) is 37.9 Å². The van der Waals surface area contributed by atoms with Crippen molar-refractivity contribution >= 4 is 38.9 Å². The highest BCUT2D eigenvalue weighted by Gasteiger charge is 2.25. The van der Waals surface area contributed by atoms with Crippen molar-refractivity contribution in [1.29, 1.82) is 0 Å². The molecule has 3 aliphatic rings. The van der Waals surface area contributed by atoms with Crippen LogP contribution in [0.25, 0.3) is 55.5 Å². The number of anilines is 1. The Morgan fingerprint density at radius 1 is 0.589 bits per heavy atom. The molecule has 4 nitrogen and oxygen atoms in total. The number of nitrogens with one attached hydrogen (secondary N) is 3. The molecule has 3 N–H and O–H groups in total. The molecule has 0 saturated heterocycles. The molecule has 1 aliphatic heterocycles. The van der Waals surface area contributed by atoms with Gasteiger partial charge in [0.25, 0.3) is 0 Å². The average molecular weight is 726 g/mol. The third-order valence-corrected chi connectivity index (χ3v) is 11.2. The molecule has 7 aromatic rings. The van der Waals surface area contributed by atoms with Crippen LogP contribution in [-0.4, -0.2) is 6.04 Å². The van der Waals surface area contributed by atoms with Gasteiger partial charge in [0.15, 0.2) is 0 Å². The Balaban J connectivity index is 0.943. The minimum Gasteiger partial charge on any atom is -0.455 e. The third-order valence-electron chi connectivity index (χ3n) is 11.2. The van der Waals surface area contributed by atoms with Crippen LogP contribution in [-0.2, 0) is 0 Å². The lowest BCUT2D eigenvalue weighted by molar-refractivity contribution is 0.463. The summed E-state index contributed by atoms with van der Waals surface area (Å²) >= 11 is 0. The fourth-order valence-corrected chi connectivity index (χ4v) is 8.41. The lowest BCUT2D eigenvalue weighted by Crippen LogP contribution is -2.44. The number of hydrogen-bond donors (Lipinski definition) is 3. The monoisotopic (exact) mass is 725 g/mol. The topological polar surface area (TPSA) is 49.2 Å². The molecule has 0 bridgehead atoms. The molecule has 2 aliphatic carbocycles. The molecule has 56 heavy (non-hydrogen) atoms. The molecule has 10 rings (SSSR count). The molecule has 2 heterocycles. The zero-order valence-electron chi connectivity index (χ0n) is 31.2. The number of furan rings is 1. The van der Waals surface area contributed by atoms with E-state index in [2.05, 4.69) is 186 Å². The summed E-state index contributed by atoms with van der Waals surface area (Å²) in [7, 11) is 0. The summed E-state index contributed by atoms with van der Waals surface area (Å²) in [4.78, 5) is 0. The Hall–Kier alpha value is -6.62. The molecule has 272 valence electrons. The molecule has 0 amide bonds. The number of allylic oxidation sites excluding steroid dienone is 6. The van der Waals surface area contributed by atoms with Crippen LogP contribution in [0.15, 0.2) is 198 Å². The van der Waals surface area contributed by atoms with E-state index in [9.17, 15) is 0 Å². The predicted octanol–water partition coefficient (Wildman–Crippen LogP) is 13.0. The van der Waals surface area contributed by atoms with Gasteiger partial charge in [-0.1, -0.05) is 146 Å². The van der Waals surface area contributed by atoms with E-state index in [4.69, 9.17) is 4.42 Å². The molecule has 0 fully saturated rings. The average Bonchev–Trinajstić information content (AvgIpc) is 3.66. The smallest absolute Gasteiger partial charge is 0.143 e. The maximum absolute atomic E-state index is 6.39. The van der Waals surface area contributed by atoms with Gasteiger partial charge in [-0.2, -0.15) is 0 Å². The lowest BCUT2D eigenvalue weighted by atomic mass is 9.92. The Kier molecular flexibility index (Phi) is 9.02. The molecule has 0 spiro atoms. The van der Waals surface area contributed by atoms with E-state index in [0.29, 0.717) is 0 Å². The highest BCUT2D eigenvalue weighted by molar-refractivity contribution is 6.09. The first-order valence-electron chi connectivity index (χ1n) is 19.8. The van der Waals surface area contributed by atoms with Crippen molar-refractivity contribution in [2.75, 3.05) is 5.32 Å². The highest BCUT2D eigenvalue weighted by Crippen LogP contribution is 2.38. The number of benzene rings is 6. The van der Waals surface area contributed by atoms with Gasteiger partial charge < -0.3 is 15.1 Å². The third kappa shape index (κ3) is 6.70. The van der Waals surface area contributed by atoms with E-state index in [-0.39, 0.29) is 12.2 Å². The molecule has 2 atom stereocenters. The summed E-state index contributed by atoms with van der Waals surface area (Å²) in [5.74, 6) is 0. The fourth-order valence-electron chi connectivity index (χ4n) is 8.41. The van der Waals surface area contributed by atoms with Gasteiger partial charge in [-0.05, 0) is 101 Å². The molecular formula is C52H43N3O. The Labute approximate surface area is 328 Å². The summed E-state index contributed by atoms with van der Waals surface area (Å²) in [6.07, 6.45) is 17.9. The Morgan fingerprint density at radius 2 is 1.34 bits per heavy atom. The van der Waals surface area contributed by atoms with Crippen molar-refractivity contribution in [1.82, 2.24) is 10.6 Å². The minimum absolute atomic E-state index is 0.0473. The fraction of sp³-hybridized carbons (Fsp3) is 0.115. The number of hydrogen-bond acceptors (Lipinski definition) is 4. The lowest BCUT2D eigenvalue weighted by Gasteiger charge is -2.34. The number of fused-ring (bicyclic) bond motifs is 3. The van der Waals surface area contributed by atoms with Crippen molar-refractivity contribution in [2.24, 2.45) is 0 Å². The molecule has 4 heteroatoms. The zero-order valence-corrected chi connectivity index (χ0v) is 31.2. The van der Waals surface area contributed by atoms with E-state index in [1.807, 2.05) is 12.1 Å². The summed E-state index contributed by atoms with van der Waals surface area (Å²) in [5, 5.41) is 13.9. The summed E-state index contributed by atoms with van der Waals surface area (Å²) in [6.45, 7) is 0. The molecule has 6 aromatic carbocycles. The van der Waals surface area contributed by atoms with Crippen LogP contribution >= 0.6 is 0 Å². The second kappa shape index (κ2) is 14.9. The standard InChI is InChI=1S/C52H43N3O/c1-3-15-35(16-4-1)48-34-49(36-17-5-2-6-18-36)55-52(54-48)41-23-12-20-38(32-41)37-19-11-21-39(31-37)43-25-7-9-29-47(43)53-42-24-13-22-40(33-42)44-27-14-28-46-45-26-8-10-30-50(45)56-51(44)46/h1,3-5,7-8,10-28,30-34,49,52-55H,2,6,9,29H2. The van der Waals surface area contributed by atoms with Crippen LogP contribution in [0, 0.1) is 0 Å². The van der Waals surface area contributed by atoms with E-state index >= 15 is 0 Å². The van der Waals surface area contributed by atoms with Crippen LogP contribution < -0.4 is 16.0 Å². The maximum Gasteiger partial charge on any atom is 0.143 e. The first-order chi connectivity index (χ1) is 27.7. The van der Waals surface area contributed by atoms with Crippen LogP contribution in [0.2, 0.25) is 0 Å². The van der Waals surface area contributed by atoms with E-state index in [0.717, 1.165) is 70.1 Å². The van der Waals surface area contributed by atoms with Crippen LogP contribution in [0.1, 0.15) is 48.5 Å². The molecule has 0 radical (unpaired) electrons. The molecular weight excluding hydrogens is 683 g/mol. The van der Waals surface area contributed by atoms with Gasteiger partial charge in [0.05, 0.1) is 6.04 Å². The van der Waals surface area contributed by atoms with Gasteiger partial charge in [-0.25, -0.2) is 0 Å². The normalized spacial score (nSPS) is 18.1. The highest BCUT2D eigenvalue weighted by atomic mass is 16.3. The summed E-state index contributed by atoms with van der Waals surface area (Å²) < 4.78 is 6.39. The number of para-hydroxylation sites is 2. The molecule has 1 aromatic heterocycles. The molecule has 0 saturated carbocycles. The first kappa shape index (κ1) is 33.9. The second-order valence-corrected chi connectivity index (χ2v) is 14.9. The Bertz CT molecular complexity index is 2740. The van der Waals surface area contributed by atoms with Gasteiger partial charge >= 0.3 is 0 Å². The van der Waals surface area contributed by atoms with E-state index in [1.165, 1.54) is 44.7 Å². The SMILES string of the molecule is C1=CC(C2C=C(c3ccccc3)NC(c3cccc(-c4cccc(C5=C(Nc6cccc(-c7cccc8c7oc7ccccc78)c6)CCC=C5)c4)c3)N2)=CCC1. The minimum atomic E-state index is -0.0473. The second-order valence-electron chi connectivity index (χ2n) is 14.9. The summed E-state index contributed by atoms with van der Waals surface area (Å²) in [6, 6.07) is 52.1. The van der Waals surface area contributed by atoms with Gasteiger partial charge in [-0.3, -0.25) is 5.32 Å². The zero-order chi connectivity index (χ0) is 37.3. The van der Waals surface area contributed by atoms with Crippen molar-refractivity contribution in [3.8, 4) is 22.3 Å². The predicted molar refractivity (Wildman–Crippen MR) is 234 cm³/mol. The van der Waals surface area contributed by atoms with E-state index in [1.54, 1.807) is 0 Å².